The molecule has 2 N–H and O–H groups in total. The van der Waals surface area contributed by atoms with Crippen LogP contribution in [-0.4, -0.2) is 70.3 Å². The molecule has 38 heavy (non-hydrogen) atoms. The number of hydrogen-bond acceptors (Lipinski definition) is 8. The van der Waals surface area contributed by atoms with Gasteiger partial charge in [-0.25, -0.2) is 23.1 Å². The Morgan fingerprint density at radius 1 is 1.11 bits per heavy atom. The van der Waals surface area contributed by atoms with Gasteiger partial charge in [-0.05, 0) is 49.4 Å². The van der Waals surface area contributed by atoms with E-state index >= 15 is 0 Å². The van der Waals surface area contributed by atoms with E-state index in [9.17, 15) is 13.2 Å². The lowest BCUT2D eigenvalue weighted by molar-refractivity contribution is 0.0952. The van der Waals surface area contributed by atoms with E-state index in [0.717, 1.165) is 54.8 Å². The highest BCUT2D eigenvalue weighted by molar-refractivity contribution is 7.99. The molecule has 4 rings (SSSR count). The highest BCUT2D eigenvalue weighted by atomic mass is 32.2. The van der Waals surface area contributed by atoms with Crippen molar-refractivity contribution in [2.45, 2.75) is 63.1 Å². The zero-order chi connectivity index (χ0) is 27.1. The van der Waals surface area contributed by atoms with Crippen molar-refractivity contribution in [1.29, 1.82) is 0 Å². The molecule has 10 nitrogen and oxygen atoms in total. The maximum Gasteiger partial charge on any atom is 0.251 e. The summed E-state index contributed by atoms with van der Waals surface area (Å²) in [6.45, 7) is 9.09. The zero-order valence-corrected chi connectivity index (χ0v) is 23.9. The van der Waals surface area contributed by atoms with E-state index in [1.165, 1.54) is 16.4 Å². The SMILES string of the molecule is CCCSc1nc(NCC(C)C)c2cnn(CCNC(=O)c3ccc(S(=O)(=O)N4CCCCC4)cc3)c2n1. The number of fused-ring (bicyclic) bond motifs is 1. The summed E-state index contributed by atoms with van der Waals surface area (Å²) >= 11 is 1.61. The zero-order valence-electron chi connectivity index (χ0n) is 22.3. The van der Waals surface area contributed by atoms with Gasteiger partial charge in [0.05, 0.1) is 23.0 Å². The van der Waals surface area contributed by atoms with Gasteiger partial charge in [-0.3, -0.25) is 4.79 Å². The van der Waals surface area contributed by atoms with E-state index in [-0.39, 0.29) is 10.8 Å². The van der Waals surface area contributed by atoms with Gasteiger partial charge in [-0.1, -0.05) is 39.0 Å². The monoisotopic (exact) mass is 559 g/mol. The third kappa shape index (κ3) is 6.83. The normalized spacial score (nSPS) is 14.7. The number of benzene rings is 1. The Bertz CT molecular complexity index is 1330. The van der Waals surface area contributed by atoms with E-state index < -0.39 is 10.0 Å². The Morgan fingerprint density at radius 3 is 2.53 bits per heavy atom. The molecule has 3 aromatic rings. The minimum absolute atomic E-state index is 0.220. The van der Waals surface area contributed by atoms with Gasteiger partial charge in [0.2, 0.25) is 10.0 Å². The Labute approximate surface area is 229 Å². The van der Waals surface area contributed by atoms with Crippen molar-refractivity contribution >= 4 is 44.5 Å². The average molecular weight is 560 g/mol. The summed E-state index contributed by atoms with van der Waals surface area (Å²) in [5.74, 6) is 1.90. The fourth-order valence-corrected chi connectivity index (χ4v) is 6.41. The van der Waals surface area contributed by atoms with Crippen molar-refractivity contribution in [1.82, 2.24) is 29.4 Å². The second-order valence-electron chi connectivity index (χ2n) is 9.83. The van der Waals surface area contributed by atoms with Crippen LogP contribution in [0.25, 0.3) is 11.0 Å². The van der Waals surface area contributed by atoms with Crippen molar-refractivity contribution in [3.05, 3.63) is 36.0 Å². The molecule has 1 saturated heterocycles. The summed E-state index contributed by atoms with van der Waals surface area (Å²) in [6, 6.07) is 6.15. The number of amides is 1. The number of aromatic nitrogens is 4. The van der Waals surface area contributed by atoms with Crippen LogP contribution >= 0.6 is 11.8 Å². The number of thioether (sulfide) groups is 1. The van der Waals surface area contributed by atoms with E-state index in [1.54, 1.807) is 34.8 Å². The van der Waals surface area contributed by atoms with Crippen LogP contribution in [0.4, 0.5) is 5.82 Å². The molecule has 0 saturated carbocycles. The van der Waals surface area contributed by atoms with Gasteiger partial charge >= 0.3 is 0 Å². The first kappa shape index (κ1) is 28.3. The van der Waals surface area contributed by atoms with Crippen molar-refractivity contribution in [3.8, 4) is 0 Å². The second-order valence-corrected chi connectivity index (χ2v) is 12.8. The summed E-state index contributed by atoms with van der Waals surface area (Å²) in [7, 11) is -3.52. The summed E-state index contributed by atoms with van der Waals surface area (Å²) in [4.78, 5) is 22.4. The smallest absolute Gasteiger partial charge is 0.251 e. The predicted molar refractivity (Wildman–Crippen MR) is 151 cm³/mol. The van der Waals surface area contributed by atoms with Crippen LogP contribution in [0.5, 0.6) is 0 Å². The first-order valence-corrected chi connectivity index (χ1v) is 15.7. The minimum atomic E-state index is -3.52. The van der Waals surface area contributed by atoms with Gasteiger partial charge in [0.15, 0.2) is 10.8 Å². The van der Waals surface area contributed by atoms with Crippen LogP contribution in [0, 0.1) is 5.92 Å². The summed E-state index contributed by atoms with van der Waals surface area (Å²) in [6.07, 6.45) is 5.60. The van der Waals surface area contributed by atoms with Gasteiger partial charge in [-0.2, -0.15) is 9.40 Å². The minimum Gasteiger partial charge on any atom is -0.369 e. The standard InChI is InChI=1S/C26H37N7O3S2/c1-4-16-37-26-30-23(28-17-19(2)3)22-18-29-33(24(22)31-26)15-12-27-25(34)20-8-10-21(11-9-20)38(35,36)32-13-6-5-7-14-32/h8-11,18-19H,4-7,12-17H2,1-3H3,(H,27,34)(H,28,30,31). The number of sulfonamides is 1. The van der Waals surface area contributed by atoms with Gasteiger partial charge in [0.25, 0.3) is 5.91 Å². The fraction of sp³-hybridized carbons (Fsp3) is 0.538. The lowest BCUT2D eigenvalue weighted by Crippen LogP contribution is -2.35. The van der Waals surface area contributed by atoms with Gasteiger partial charge in [-0.15, -0.1) is 0 Å². The first-order chi connectivity index (χ1) is 18.3. The molecule has 1 aliphatic rings. The van der Waals surface area contributed by atoms with Crippen LogP contribution < -0.4 is 10.6 Å². The third-order valence-corrected chi connectivity index (χ3v) is 9.23. The molecule has 12 heteroatoms. The molecule has 2 aromatic heterocycles. The predicted octanol–water partition coefficient (Wildman–Crippen LogP) is 4.00. The number of nitrogens with zero attached hydrogens (tertiary/aromatic N) is 5. The summed E-state index contributed by atoms with van der Waals surface area (Å²) in [5.41, 5.74) is 1.14. The number of carbonyl (C=O) groups is 1. The van der Waals surface area contributed by atoms with Crippen LogP contribution in [0.2, 0.25) is 0 Å². The van der Waals surface area contributed by atoms with Crippen molar-refractivity contribution < 1.29 is 13.2 Å². The molecule has 1 fully saturated rings. The topological polar surface area (TPSA) is 122 Å². The molecular formula is C26H37N7O3S2. The van der Waals surface area contributed by atoms with E-state index in [0.29, 0.717) is 42.8 Å². The van der Waals surface area contributed by atoms with Crippen LogP contribution in [-0.2, 0) is 16.6 Å². The van der Waals surface area contributed by atoms with Crippen molar-refractivity contribution in [2.75, 3.05) is 37.2 Å². The molecular weight excluding hydrogens is 522 g/mol. The summed E-state index contributed by atoms with van der Waals surface area (Å²) < 4.78 is 29.0. The molecule has 0 radical (unpaired) electrons. The lowest BCUT2D eigenvalue weighted by Gasteiger charge is -2.25. The summed E-state index contributed by atoms with van der Waals surface area (Å²) in [5, 5.41) is 12.4. The second kappa shape index (κ2) is 12.9. The van der Waals surface area contributed by atoms with Crippen LogP contribution in [0.1, 0.15) is 56.8 Å². The molecule has 0 atom stereocenters. The number of carbonyl (C=O) groups excluding carboxylic acids is 1. The Hall–Kier alpha value is -2.70. The third-order valence-electron chi connectivity index (χ3n) is 6.27. The Balaban J connectivity index is 1.41. The molecule has 0 bridgehead atoms. The first-order valence-electron chi connectivity index (χ1n) is 13.3. The molecule has 0 spiro atoms. The van der Waals surface area contributed by atoms with Crippen molar-refractivity contribution in [2.24, 2.45) is 5.92 Å². The average Bonchev–Trinajstić information content (AvgIpc) is 3.34. The van der Waals surface area contributed by atoms with E-state index in [1.807, 2.05) is 0 Å². The maximum absolute atomic E-state index is 12.9. The quantitative estimate of drug-likeness (QED) is 0.252. The largest absolute Gasteiger partial charge is 0.369 e. The van der Waals surface area contributed by atoms with Gasteiger partial charge in [0.1, 0.15) is 5.82 Å². The van der Waals surface area contributed by atoms with Crippen LogP contribution in [0.3, 0.4) is 0 Å². The Kier molecular flexibility index (Phi) is 9.61. The number of anilines is 1. The van der Waals surface area contributed by atoms with Crippen molar-refractivity contribution in [3.63, 3.8) is 0 Å². The number of piperidine rings is 1. The molecule has 0 aliphatic carbocycles. The van der Waals surface area contributed by atoms with E-state index in [4.69, 9.17) is 9.97 Å². The molecule has 1 aliphatic heterocycles. The number of hydrogen-bond donors (Lipinski definition) is 2. The number of nitrogens with one attached hydrogen (secondary N) is 2. The van der Waals surface area contributed by atoms with Gasteiger partial charge < -0.3 is 10.6 Å². The van der Waals surface area contributed by atoms with Gasteiger partial charge in [0, 0.05) is 37.5 Å². The molecule has 0 unspecified atom stereocenters. The maximum atomic E-state index is 12.9. The highest BCUT2D eigenvalue weighted by Crippen LogP contribution is 2.25. The van der Waals surface area contributed by atoms with E-state index in [2.05, 4.69) is 36.5 Å². The highest BCUT2D eigenvalue weighted by Gasteiger charge is 2.26. The fourth-order valence-electron chi connectivity index (χ4n) is 4.20. The molecule has 1 amide bonds. The molecule has 206 valence electrons. The molecule has 1 aromatic carbocycles. The lowest BCUT2D eigenvalue weighted by atomic mass is 10.2. The van der Waals surface area contributed by atoms with Crippen LogP contribution in [0.15, 0.2) is 40.5 Å². The number of rotatable bonds is 12. The molecule has 3 heterocycles. The Morgan fingerprint density at radius 2 is 1.84 bits per heavy atom.